The van der Waals surface area contributed by atoms with Gasteiger partial charge in [0.15, 0.2) is 11.6 Å². The molecule has 0 bridgehead atoms. The number of Topliss-reactive ketones (excluding diaryl/α,β-unsaturated/α-hetero) is 1. The molecule has 1 aromatic rings. The second kappa shape index (κ2) is 18.2. The second-order valence-electron chi connectivity index (χ2n) is 11.0. The maximum Gasteiger partial charge on any atom is 0.306 e. The number of hydrogen-bond acceptors (Lipinski definition) is 6. The molecule has 40 heavy (non-hydrogen) atoms. The van der Waals surface area contributed by atoms with E-state index in [1.807, 2.05) is 19.9 Å². The Kier molecular flexibility index (Phi) is 15.1. The number of phenols is 2. The van der Waals surface area contributed by atoms with Crippen molar-refractivity contribution in [1.82, 2.24) is 0 Å². The van der Waals surface area contributed by atoms with Crippen molar-refractivity contribution in [3.05, 3.63) is 58.7 Å². The third-order valence-electron chi connectivity index (χ3n) is 7.19. The molecule has 6 nitrogen and oxygen atoms in total. The largest absolute Gasteiger partial charge is 0.507 e. The van der Waals surface area contributed by atoms with E-state index in [0.717, 1.165) is 43.8 Å². The number of phenolic OH excluding ortho intramolecular Hbond substituents is 2. The number of ether oxygens (including phenoxy) is 1. The zero-order valence-corrected chi connectivity index (χ0v) is 24.7. The van der Waals surface area contributed by atoms with Crippen LogP contribution < -0.4 is 0 Å². The second-order valence-corrected chi connectivity index (χ2v) is 11.0. The SMILES string of the molecule is CCCCCCCC/C=C\CCCCCCCC(=O)O[C@H](CC=C(C)C)C1=CC(=O)c2c(O)ccc(O)c2C1=O. The van der Waals surface area contributed by atoms with Crippen molar-refractivity contribution < 1.29 is 29.3 Å². The molecule has 1 aliphatic rings. The van der Waals surface area contributed by atoms with Crippen LogP contribution >= 0.6 is 0 Å². The van der Waals surface area contributed by atoms with E-state index in [4.69, 9.17) is 4.74 Å². The molecule has 0 amide bonds. The topological polar surface area (TPSA) is 101 Å². The maximum atomic E-state index is 13.2. The molecule has 0 aliphatic heterocycles. The van der Waals surface area contributed by atoms with Crippen LogP contribution in [0, 0.1) is 0 Å². The third kappa shape index (κ3) is 11.1. The van der Waals surface area contributed by atoms with E-state index in [2.05, 4.69) is 19.1 Å². The summed E-state index contributed by atoms with van der Waals surface area (Å²) in [6.07, 6.45) is 22.3. The average Bonchev–Trinajstić information content (AvgIpc) is 2.92. The first kappa shape index (κ1) is 33.1. The minimum atomic E-state index is -0.947. The Bertz CT molecular complexity index is 1070. The third-order valence-corrected chi connectivity index (χ3v) is 7.19. The van der Waals surface area contributed by atoms with E-state index < -0.39 is 29.4 Å². The first-order chi connectivity index (χ1) is 19.3. The highest BCUT2D eigenvalue weighted by Gasteiger charge is 2.35. The molecular weight excluding hydrogens is 504 g/mol. The molecule has 220 valence electrons. The minimum absolute atomic E-state index is 0.00815. The number of esters is 1. The highest BCUT2D eigenvalue weighted by atomic mass is 16.5. The number of allylic oxidation sites excluding steroid dienone is 4. The van der Waals surface area contributed by atoms with Gasteiger partial charge in [-0.25, -0.2) is 0 Å². The first-order valence-corrected chi connectivity index (χ1v) is 15.1. The van der Waals surface area contributed by atoms with Gasteiger partial charge in [0.1, 0.15) is 17.6 Å². The molecule has 0 unspecified atom stereocenters. The number of aromatic hydroxyl groups is 2. The van der Waals surface area contributed by atoms with Crippen LogP contribution in [0.2, 0.25) is 0 Å². The van der Waals surface area contributed by atoms with Gasteiger partial charge in [0.05, 0.1) is 11.1 Å². The number of hydrogen-bond donors (Lipinski definition) is 2. The molecule has 0 saturated heterocycles. The minimum Gasteiger partial charge on any atom is -0.507 e. The highest BCUT2D eigenvalue weighted by molar-refractivity contribution is 6.27. The molecule has 0 fully saturated rings. The summed E-state index contributed by atoms with van der Waals surface area (Å²) in [5.41, 5.74) is 0.510. The lowest BCUT2D eigenvalue weighted by Gasteiger charge is -2.23. The van der Waals surface area contributed by atoms with Crippen molar-refractivity contribution in [2.24, 2.45) is 0 Å². The number of carbonyl (C=O) groups is 3. The van der Waals surface area contributed by atoms with Gasteiger partial charge in [0.25, 0.3) is 0 Å². The summed E-state index contributed by atoms with van der Waals surface area (Å²) in [6.45, 7) is 6.03. The Morgan fingerprint density at radius 1 is 0.825 bits per heavy atom. The Balaban J connectivity index is 1.76. The van der Waals surface area contributed by atoms with Crippen molar-refractivity contribution in [3.8, 4) is 11.5 Å². The Labute approximate surface area is 240 Å². The molecule has 6 heteroatoms. The van der Waals surface area contributed by atoms with Crippen molar-refractivity contribution in [3.63, 3.8) is 0 Å². The van der Waals surface area contributed by atoms with Crippen molar-refractivity contribution in [2.75, 3.05) is 0 Å². The lowest BCUT2D eigenvalue weighted by molar-refractivity contribution is -0.147. The first-order valence-electron chi connectivity index (χ1n) is 15.1. The van der Waals surface area contributed by atoms with Gasteiger partial charge >= 0.3 is 5.97 Å². The molecular formula is C34H48O6. The molecule has 0 heterocycles. The number of ketones is 2. The van der Waals surface area contributed by atoms with E-state index in [0.29, 0.717) is 6.42 Å². The Hall–Kier alpha value is -3.15. The van der Waals surface area contributed by atoms with Gasteiger partial charge in [0.2, 0.25) is 0 Å². The molecule has 1 aliphatic carbocycles. The Morgan fingerprint density at radius 3 is 1.98 bits per heavy atom. The van der Waals surface area contributed by atoms with E-state index >= 15 is 0 Å². The van der Waals surface area contributed by atoms with E-state index in [1.54, 1.807) is 0 Å². The van der Waals surface area contributed by atoms with Gasteiger partial charge in [-0.3, -0.25) is 14.4 Å². The normalized spacial score (nSPS) is 13.7. The molecule has 1 atom stereocenters. The van der Waals surface area contributed by atoms with E-state index in [-0.39, 0.29) is 35.3 Å². The van der Waals surface area contributed by atoms with E-state index in [9.17, 15) is 24.6 Å². The summed E-state index contributed by atoms with van der Waals surface area (Å²) in [6, 6.07) is 2.35. The van der Waals surface area contributed by atoms with Crippen LogP contribution in [-0.2, 0) is 9.53 Å². The van der Waals surface area contributed by atoms with Crippen LogP contribution in [0.3, 0.4) is 0 Å². The van der Waals surface area contributed by atoms with Crippen LogP contribution in [0.25, 0.3) is 0 Å². The fraction of sp³-hybridized carbons (Fsp3) is 0.559. The molecule has 0 spiro atoms. The lowest BCUT2D eigenvalue weighted by Crippen LogP contribution is -2.29. The maximum absolute atomic E-state index is 13.2. The van der Waals surface area contributed by atoms with Gasteiger partial charge in [-0.1, -0.05) is 82.1 Å². The lowest BCUT2D eigenvalue weighted by atomic mass is 9.85. The summed E-state index contributed by atoms with van der Waals surface area (Å²) < 4.78 is 5.69. The molecule has 1 aromatic carbocycles. The number of carbonyl (C=O) groups excluding carboxylic acids is 3. The van der Waals surface area contributed by atoms with Crippen LogP contribution in [-0.4, -0.2) is 33.9 Å². The number of unbranched alkanes of at least 4 members (excludes halogenated alkanes) is 11. The molecule has 2 N–H and O–H groups in total. The quantitative estimate of drug-likeness (QED) is 0.0770. The summed E-state index contributed by atoms with van der Waals surface area (Å²) in [7, 11) is 0. The zero-order chi connectivity index (χ0) is 29.3. The number of fused-ring (bicyclic) bond motifs is 1. The number of benzene rings is 1. The summed E-state index contributed by atoms with van der Waals surface area (Å²) in [5, 5.41) is 20.3. The van der Waals surface area contributed by atoms with Crippen LogP contribution in [0.4, 0.5) is 0 Å². The highest BCUT2D eigenvalue weighted by Crippen LogP contribution is 2.36. The van der Waals surface area contributed by atoms with Crippen LogP contribution in [0.15, 0.2) is 47.6 Å². The summed E-state index contributed by atoms with van der Waals surface area (Å²) >= 11 is 0. The van der Waals surface area contributed by atoms with Crippen molar-refractivity contribution >= 4 is 17.5 Å². The van der Waals surface area contributed by atoms with Crippen LogP contribution in [0.5, 0.6) is 11.5 Å². The molecule has 2 rings (SSSR count). The molecule has 0 radical (unpaired) electrons. The smallest absolute Gasteiger partial charge is 0.306 e. The van der Waals surface area contributed by atoms with Crippen LogP contribution in [0.1, 0.15) is 138 Å². The fourth-order valence-electron chi connectivity index (χ4n) is 4.86. The summed E-state index contributed by atoms with van der Waals surface area (Å²) in [4.78, 5) is 38.6. The molecule has 0 aromatic heterocycles. The van der Waals surface area contributed by atoms with Gasteiger partial charge in [-0.2, -0.15) is 0 Å². The van der Waals surface area contributed by atoms with E-state index in [1.165, 1.54) is 57.1 Å². The van der Waals surface area contributed by atoms with Crippen molar-refractivity contribution in [1.29, 1.82) is 0 Å². The van der Waals surface area contributed by atoms with Gasteiger partial charge < -0.3 is 14.9 Å². The zero-order valence-electron chi connectivity index (χ0n) is 24.7. The predicted octanol–water partition coefficient (Wildman–Crippen LogP) is 8.71. The van der Waals surface area contributed by atoms with Gasteiger partial charge in [-0.15, -0.1) is 0 Å². The van der Waals surface area contributed by atoms with Gasteiger partial charge in [-0.05, 0) is 64.2 Å². The molecule has 0 saturated carbocycles. The standard InChI is InChI=1S/C34H48O6/c1-4-5-6-7-8-9-10-11-12-13-14-15-16-17-18-19-31(38)40-30(23-20-25(2)3)26-24-29(37)32-27(35)21-22-28(36)33(32)34(26)39/h11-12,20-22,24,30,35-36H,4-10,13-19,23H2,1-3H3/b12-11-/t30-/m1/s1. The predicted molar refractivity (Wildman–Crippen MR) is 160 cm³/mol. The monoisotopic (exact) mass is 552 g/mol. The fourth-order valence-corrected chi connectivity index (χ4v) is 4.86. The number of rotatable bonds is 19. The van der Waals surface area contributed by atoms with Gasteiger partial charge in [0, 0.05) is 18.4 Å². The average molecular weight is 553 g/mol. The van der Waals surface area contributed by atoms with Crippen molar-refractivity contribution in [2.45, 2.75) is 123 Å². The Morgan fingerprint density at radius 2 is 1.38 bits per heavy atom. The summed E-state index contributed by atoms with van der Waals surface area (Å²) in [5.74, 6) is -2.41.